The van der Waals surface area contributed by atoms with Gasteiger partial charge in [-0.15, -0.1) is 0 Å². The number of rotatable bonds is 31. The topological polar surface area (TPSA) is 510 Å². The first-order valence-electron chi connectivity index (χ1n) is 46.9. The number of esters is 18. The molecule has 12 bridgehead atoms. The van der Waals surface area contributed by atoms with E-state index >= 15 is 0 Å². The highest BCUT2D eigenvalue weighted by Crippen LogP contribution is 2.62. The number of carbonyl (C=O) groups excluding carboxylic acids is 18. The maximum Gasteiger partial charge on any atom is 0.313 e. The minimum absolute atomic E-state index is 0. The maximum absolute atomic E-state index is 12.2. The molecule has 40 nitrogen and oxygen atoms in total. The zero-order valence-electron chi connectivity index (χ0n) is 78.3. The average Bonchev–Trinajstić information content (AvgIpc) is 1.55. The van der Waals surface area contributed by atoms with E-state index in [1.165, 1.54) is 21.3 Å². The van der Waals surface area contributed by atoms with E-state index in [1.54, 1.807) is 34.6 Å². The summed E-state index contributed by atoms with van der Waals surface area (Å²) in [6, 6.07) is 0. The van der Waals surface area contributed by atoms with Crippen LogP contribution < -0.4 is 0 Å². The van der Waals surface area contributed by atoms with E-state index in [1.807, 2.05) is 69.2 Å². The van der Waals surface area contributed by atoms with Crippen LogP contribution in [-0.4, -0.2) is 271 Å². The molecular weight excluding hydrogens is 1900 g/mol. The van der Waals surface area contributed by atoms with Gasteiger partial charge in [-0.2, -0.15) is 0 Å². The van der Waals surface area contributed by atoms with E-state index in [4.69, 9.17) is 104 Å². The number of ether oxygens (including phenoxy) is 22. The van der Waals surface area contributed by atoms with E-state index in [0.717, 1.165) is 6.42 Å². The molecule has 40 heteroatoms. The molecule has 0 spiro atoms. The van der Waals surface area contributed by atoms with Gasteiger partial charge in [0.25, 0.3) is 0 Å². The van der Waals surface area contributed by atoms with Crippen LogP contribution in [0.1, 0.15) is 283 Å². The predicted octanol–water partition coefficient (Wildman–Crippen LogP) is 12.7. The molecule has 38 atom stereocenters. The Labute approximate surface area is 857 Å². The predicted molar refractivity (Wildman–Crippen MR) is 520 cm³/mol. The molecule has 4 saturated carbocycles. The molecule has 0 N–H and O–H groups in total. The fourth-order valence-electron chi connectivity index (χ4n) is 21.4. The van der Waals surface area contributed by atoms with Crippen LogP contribution in [0.5, 0.6) is 0 Å². The van der Waals surface area contributed by atoms with Crippen molar-refractivity contribution in [2.24, 2.45) is 117 Å². The SMILES string of the molecule is C.C.C.C.C.C.C.C.C.C.C.C.CCC(C)(C)C(=O)OCCCC(=O)OC1C2CC3C(=O)OC1C3O2.CCC(C)(C)C(=O)OCCCC(=O)OC1C2OC(=O)C3C2OC1C3C(=O)OC.CCC(C)C(=O)OC1C2CC3C(=O)OC1C3O2.CCC(C)C(=O)OC1C2CC3C1OC(=O)C3C2C(=O)OC.CCC(C)C(=O)OC1C2OC(=O)C3C2OC1C3C(=O)OC.CCOC(=O)C1C2CC3C(OC(=O)C31)C2OC(=O)C(C)CC. The molecule has 14 saturated heterocycles. The lowest BCUT2D eigenvalue weighted by atomic mass is 9.78. The molecule has 38 unspecified atom stereocenters. The first-order valence-corrected chi connectivity index (χ1v) is 46.9. The van der Waals surface area contributed by atoms with Crippen molar-refractivity contribution in [1.29, 1.82) is 0 Å². The number of methoxy groups -OCH3 is 3. The van der Waals surface area contributed by atoms with Gasteiger partial charge in [-0.3, -0.25) is 86.3 Å². The van der Waals surface area contributed by atoms with Crippen LogP contribution in [0.15, 0.2) is 0 Å². The molecule has 145 heavy (non-hydrogen) atoms. The van der Waals surface area contributed by atoms with Crippen molar-refractivity contribution in [3.8, 4) is 0 Å². The molecule has 4 aliphatic carbocycles. The van der Waals surface area contributed by atoms with Gasteiger partial charge in [-0.1, -0.05) is 158 Å². The fraction of sp³-hybridized carbons (Fsp3) is 0.829. The van der Waals surface area contributed by atoms with Gasteiger partial charge in [0, 0.05) is 36.5 Å². The van der Waals surface area contributed by atoms with Gasteiger partial charge in [0.05, 0.1) is 123 Å². The van der Waals surface area contributed by atoms with Gasteiger partial charge in [0.1, 0.15) is 84.7 Å². The monoisotopic (exact) mass is 2080 g/mol. The largest absolute Gasteiger partial charge is 0.469 e. The van der Waals surface area contributed by atoms with E-state index < -0.39 is 173 Å². The molecule has 18 rings (SSSR count). The summed E-state index contributed by atoms with van der Waals surface area (Å²) < 4.78 is 117. The molecular formula is C105H174O40. The molecule has 14 aliphatic heterocycles. The zero-order valence-corrected chi connectivity index (χ0v) is 78.3. The third-order valence-electron chi connectivity index (χ3n) is 30.4. The summed E-state index contributed by atoms with van der Waals surface area (Å²) in [7, 11) is 3.80. The van der Waals surface area contributed by atoms with Gasteiger partial charge >= 0.3 is 107 Å². The minimum atomic E-state index is -0.842. The smallest absolute Gasteiger partial charge is 0.313 e. The number of carbonyl (C=O) groups is 18. The third kappa shape index (κ3) is 25.6. The van der Waals surface area contributed by atoms with Crippen LogP contribution >= 0.6 is 0 Å². The summed E-state index contributed by atoms with van der Waals surface area (Å²) >= 11 is 0. The van der Waals surface area contributed by atoms with Gasteiger partial charge in [-0.05, 0) is 112 Å². The van der Waals surface area contributed by atoms with E-state index in [0.29, 0.717) is 70.6 Å². The lowest BCUT2D eigenvalue weighted by Crippen LogP contribution is -2.48. The molecule has 18 aliphatic rings. The Hall–Kier alpha value is -9.70. The molecule has 0 amide bonds. The Balaban J connectivity index is 0.000000860. The Morgan fingerprint density at radius 2 is 0.586 bits per heavy atom. The summed E-state index contributed by atoms with van der Waals surface area (Å²) in [6.45, 7) is 28.2. The quantitative estimate of drug-likeness (QED) is 0.0353. The summed E-state index contributed by atoms with van der Waals surface area (Å²) in [6.07, 6.45) is -2.30. The molecule has 834 valence electrons. The second-order valence-corrected chi connectivity index (χ2v) is 38.9. The third-order valence-corrected chi connectivity index (χ3v) is 30.4. The molecule has 18 fully saturated rings. The lowest BCUT2D eigenvalue weighted by molar-refractivity contribution is -0.168. The van der Waals surface area contributed by atoms with Crippen molar-refractivity contribution in [3.05, 3.63) is 0 Å². The van der Waals surface area contributed by atoms with Gasteiger partial charge in [-0.25, -0.2) is 0 Å². The van der Waals surface area contributed by atoms with Crippen molar-refractivity contribution in [1.82, 2.24) is 0 Å². The maximum atomic E-state index is 12.2. The second kappa shape index (κ2) is 54.5. The van der Waals surface area contributed by atoms with Crippen molar-refractivity contribution in [2.45, 2.75) is 405 Å². The first-order chi connectivity index (χ1) is 63.1. The molecule has 14 heterocycles. The standard InChI is InChI=1S/C19H26O9.C17H24O7.C16H22O6.C15H20O6.C14H18O7.C12H16O5.12CH4/c1-5-19(2,3)18(23)25-8-6-7-9(20)26-14-12-10(16(21)24-4)11-13(27-12)15(14)28-17(11)22;1-4-17(2,3)16(20)21-7-5-6-11(18)23-13-10-8-9-12(22-10)14(13)24-15(9)19;1-4-7(3)14(17)21-12-8-6-9-11(16(19)22-13(9)12)10(8)15(18)20-5-2;1-4-6(2)13(16)20-11-7-5-8-10(9(7)14(17)19-3)15(18)21-12(8)11;1-4-5(2)12(15)20-10-8-6(13(16)18-3)7-9(19-8)11(10)21-14(7)17;1-3-5(2)11(13)16-9-7-4-6-8(15-7)10(9)17-12(6)14;;;;;;;;;;;;/h10-15H,5-8H2,1-4H3;9-10,12-14H,4-8H2,1-3H3;7-13H,4-6H2,1-3H3;6-12H,4-5H2,1-3H3;5-11H,4H2,1-3H3;5-10H,3-4H2,1-2H3;12*1H4. The Kier molecular flexibility index (Phi) is 50.1. The Morgan fingerprint density at radius 1 is 0.303 bits per heavy atom. The van der Waals surface area contributed by atoms with Crippen molar-refractivity contribution in [3.63, 3.8) is 0 Å². The summed E-state index contributed by atoms with van der Waals surface area (Å²) in [5, 5.41) is 0. The fourth-order valence-corrected chi connectivity index (χ4v) is 21.4. The highest BCUT2D eigenvalue weighted by Gasteiger charge is 2.76. The van der Waals surface area contributed by atoms with Crippen molar-refractivity contribution < 1.29 is 191 Å². The Morgan fingerprint density at radius 3 is 0.917 bits per heavy atom. The normalized spacial score (nSPS) is 34.8. The lowest BCUT2D eigenvalue weighted by Gasteiger charge is -2.30. The molecule has 0 aromatic rings. The van der Waals surface area contributed by atoms with Crippen LogP contribution in [0.4, 0.5) is 0 Å². The van der Waals surface area contributed by atoms with Gasteiger partial charge in [0.15, 0.2) is 48.8 Å². The van der Waals surface area contributed by atoms with Crippen molar-refractivity contribution >= 4 is 107 Å². The van der Waals surface area contributed by atoms with Crippen LogP contribution in [0, 0.1) is 117 Å². The first kappa shape index (κ1) is 133. The highest BCUT2D eigenvalue weighted by atomic mass is 16.7. The van der Waals surface area contributed by atoms with E-state index in [2.05, 4.69) is 0 Å². The van der Waals surface area contributed by atoms with E-state index in [9.17, 15) is 86.3 Å². The number of fused-ring (bicyclic) bond motifs is 6. The number of hydrogen-bond acceptors (Lipinski definition) is 40. The molecule has 0 aromatic carbocycles. The van der Waals surface area contributed by atoms with Gasteiger partial charge < -0.3 is 104 Å². The summed E-state index contributed by atoms with van der Waals surface area (Å²) in [5.74, 6) is -13.1. The number of hydrogen-bond donors (Lipinski definition) is 0. The van der Waals surface area contributed by atoms with Crippen LogP contribution in [0.2, 0.25) is 0 Å². The average molecular weight is 2080 g/mol. The Bertz CT molecular complexity index is 4370. The minimum Gasteiger partial charge on any atom is -0.469 e. The van der Waals surface area contributed by atoms with E-state index in [-0.39, 0.29) is 295 Å². The van der Waals surface area contributed by atoms with Crippen LogP contribution in [0.25, 0.3) is 0 Å². The summed E-state index contributed by atoms with van der Waals surface area (Å²) in [4.78, 5) is 215. The zero-order chi connectivity index (χ0) is 96.9. The molecule has 0 aromatic heterocycles. The second-order valence-electron chi connectivity index (χ2n) is 38.9. The van der Waals surface area contributed by atoms with Crippen molar-refractivity contribution in [2.75, 3.05) is 41.2 Å². The highest BCUT2D eigenvalue weighted by molar-refractivity contribution is 5.90. The van der Waals surface area contributed by atoms with Crippen LogP contribution in [-0.2, 0) is 191 Å². The van der Waals surface area contributed by atoms with Gasteiger partial charge in [0.2, 0.25) is 0 Å². The molecule has 0 radical (unpaired) electrons. The summed E-state index contributed by atoms with van der Waals surface area (Å²) in [5.41, 5.74) is -1.07. The van der Waals surface area contributed by atoms with Crippen LogP contribution in [0.3, 0.4) is 0 Å².